The summed E-state index contributed by atoms with van der Waals surface area (Å²) < 4.78 is 47.6. The Kier molecular flexibility index (Phi) is 5.69. The molecule has 4 heterocycles. The summed E-state index contributed by atoms with van der Waals surface area (Å²) in [7, 11) is 3.09. The van der Waals surface area contributed by atoms with Gasteiger partial charge in [-0.3, -0.25) is 0 Å². The van der Waals surface area contributed by atoms with Gasteiger partial charge in [-0.05, 0) is 18.4 Å². The summed E-state index contributed by atoms with van der Waals surface area (Å²) in [5, 5.41) is 7.94. The second-order valence-corrected chi connectivity index (χ2v) is 9.01. The van der Waals surface area contributed by atoms with Crippen LogP contribution >= 0.6 is 0 Å². The predicted molar refractivity (Wildman–Crippen MR) is 131 cm³/mol. The van der Waals surface area contributed by atoms with Crippen LogP contribution in [-0.2, 0) is 19.8 Å². The van der Waals surface area contributed by atoms with Crippen LogP contribution in [0.3, 0.4) is 0 Å². The lowest BCUT2D eigenvalue weighted by atomic mass is 10.1. The average Bonchev–Trinajstić information content (AvgIpc) is 3.51. The first-order chi connectivity index (χ1) is 18.3. The molecule has 13 heteroatoms. The molecule has 1 aliphatic carbocycles. The molecule has 1 aromatic carbocycles. The van der Waals surface area contributed by atoms with Crippen molar-refractivity contribution in [1.29, 1.82) is 0 Å². The van der Waals surface area contributed by atoms with E-state index in [9.17, 15) is 13.2 Å². The van der Waals surface area contributed by atoms with Crippen LogP contribution in [0, 0.1) is 0 Å². The third-order valence-electron chi connectivity index (χ3n) is 6.32. The van der Waals surface area contributed by atoms with Crippen LogP contribution < -0.4 is 10.1 Å². The number of imidazole rings is 2. The highest BCUT2D eigenvalue weighted by molar-refractivity contribution is 5.71. The van der Waals surface area contributed by atoms with E-state index in [1.54, 1.807) is 36.2 Å². The summed E-state index contributed by atoms with van der Waals surface area (Å²) in [6.07, 6.45) is 3.42. The van der Waals surface area contributed by atoms with Crippen LogP contribution in [0.4, 0.5) is 19.0 Å². The van der Waals surface area contributed by atoms with Gasteiger partial charge in [0.25, 0.3) is 0 Å². The van der Waals surface area contributed by atoms with E-state index < -0.39 is 11.9 Å². The fourth-order valence-corrected chi connectivity index (χ4v) is 4.29. The van der Waals surface area contributed by atoms with E-state index in [0.717, 1.165) is 30.3 Å². The van der Waals surface area contributed by atoms with Gasteiger partial charge < -0.3 is 14.6 Å². The van der Waals surface area contributed by atoms with Gasteiger partial charge in [0.2, 0.25) is 5.88 Å². The molecule has 38 heavy (non-hydrogen) atoms. The smallest absolute Gasteiger partial charge is 0.434 e. The molecule has 0 unspecified atom stereocenters. The number of methoxy groups -OCH3 is 1. The van der Waals surface area contributed by atoms with E-state index >= 15 is 0 Å². The molecule has 0 saturated heterocycles. The van der Waals surface area contributed by atoms with Crippen molar-refractivity contribution in [2.24, 2.45) is 7.05 Å². The molecule has 6 rings (SSSR count). The predicted octanol–water partition coefficient (Wildman–Crippen LogP) is 4.50. The minimum absolute atomic E-state index is 0.238. The normalized spacial score (nSPS) is 13.7. The highest BCUT2D eigenvalue weighted by Crippen LogP contribution is 2.45. The van der Waals surface area contributed by atoms with Crippen LogP contribution in [0.15, 0.2) is 49.2 Å². The first kappa shape index (κ1) is 23.8. The largest absolute Gasteiger partial charge is 0.480 e. The topological polar surface area (TPSA) is 108 Å². The van der Waals surface area contributed by atoms with E-state index in [0.29, 0.717) is 46.8 Å². The zero-order chi connectivity index (χ0) is 26.4. The Balaban J connectivity index is 1.28. The maximum atomic E-state index is 13.0. The second-order valence-electron chi connectivity index (χ2n) is 9.01. The minimum Gasteiger partial charge on any atom is -0.480 e. The lowest BCUT2D eigenvalue weighted by Gasteiger charge is -2.13. The number of aryl methyl sites for hydroxylation is 1. The van der Waals surface area contributed by atoms with Crippen molar-refractivity contribution in [2.75, 3.05) is 12.4 Å². The summed E-state index contributed by atoms with van der Waals surface area (Å²) in [5.41, 5.74) is 2.62. The molecule has 0 spiro atoms. The number of hydrogen-bond donors (Lipinski definition) is 1. The van der Waals surface area contributed by atoms with Gasteiger partial charge in [0.1, 0.15) is 17.7 Å². The number of aromatic nitrogens is 8. The van der Waals surface area contributed by atoms with Crippen molar-refractivity contribution < 1.29 is 17.9 Å². The second kappa shape index (κ2) is 9.08. The van der Waals surface area contributed by atoms with Crippen molar-refractivity contribution in [2.45, 2.75) is 31.5 Å². The summed E-state index contributed by atoms with van der Waals surface area (Å²) in [5.74, 6) is 1.90. The van der Waals surface area contributed by atoms with Crippen LogP contribution in [0.5, 0.6) is 5.88 Å². The first-order valence-corrected chi connectivity index (χ1v) is 11.9. The van der Waals surface area contributed by atoms with Crippen molar-refractivity contribution in [3.8, 4) is 28.7 Å². The summed E-state index contributed by atoms with van der Waals surface area (Å²) in [6, 6.07) is 7.14. The highest BCUT2D eigenvalue weighted by Gasteiger charge is 2.34. The number of halogens is 3. The molecule has 10 nitrogen and oxygen atoms in total. The molecule has 5 aromatic rings. The molecule has 1 fully saturated rings. The highest BCUT2D eigenvalue weighted by atomic mass is 19.4. The lowest BCUT2D eigenvalue weighted by molar-refractivity contribution is -0.140. The molecule has 0 radical (unpaired) electrons. The van der Waals surface area contributed by atoms with Gasteiger partial charge in [0.15, 0.2) is 23.0 Å². The zero-order valence-electron chi connectivity index (χ0n) is 20.4. The van der Waals surface area contributed by atoms with Crippen molar-refractivity contribution >= 4 is 11.5 Å². The molecule has 0 bridgehead atoms. The number of ether oxygens (including phenoxy) is 1. The molecular formula is C25H22F3N9O. The molecule has 1 aliphatic rings. The SMILES string of the molecule is COc1ncnc(C2CC2)c1-c1nc(NCc2ccc(-c3nc(C(F)(F)F)cn3C)cc2)c2nccn2n1. The van der Waals surface area contributed by atoms with E-state index in [1.807, 2.05) is 12.1 Å². The summed E-state index contributed by atoms with van der Waals surface area (Å²) >= 11 is 0. The Morgan fingerprint density at radius 2 is 1.87 bits per heavy atom. The third-order valence-corrected chi connectivity index (χ3v) is 6.32. The Hall–Kier alpha value is -4.55. The number of nitrogens with zero attached hydrogens (tertiary/aromatic N) is 8. The van der Waals surface area contributed by atoms with Crippen LogP contribution in [0.1, 0.15) is 35.7 Å². The monoisotopic (exact) mass is 521 g/mol. The molecule has 194 valence electrons. The Morgan fingerprint density at radius 1 is 1.08 bits per heavy atom. The minimum atomic E-state index is -4.50. The Labute approximate surface area is 214 Å². The van der Waals surface area contributed by atoms with Gasteiger partial charge in [-0.1, -0.05) is 24.3 Å². The Bertz CT molecular complexity index is 1620. The van der Waals surface area contributed by atoms with E-state index in [1.165, 1.54) is 17.9 Å². The fourth-order valence-electron chi connectivity index (χ4n) is 4.29. The number of hydrogen-bond acceptors (Lipinski definition) is 8. The van der Waals surface area contributed by atoms with Gasteiger partial charge in [0, 0.05) is 43.7 Å². The zero-order valence-corrected chi connectivity index (χ0v) is 20.4. The molecule has 1 saturated carbocycles. The van der Waals surface area contributed by atoms with E-state index in [-0.39, 0.29) is 5.82 Å². The van der Waals surface area contributed by atoms with Crippen LogP contribution in [-0.4, -0.2) is 46.2 Å². The number of alkyl halides is 3. The molecule has 1 N–H and O–H groups in total. The maximum absolute atomic E-state index is 13.0. The molecule has 0 atom stereocenters. The standard InChI is InChI=1S/C25H22F3N9O/c1-36-12-17(25(26,27)28)33-22(36)16-5-3-14(4-6-16)11-30-21-23-29-9-10-37(23)35-20(34-21)18-19(15-7-8-15)31-13-32-24(18)38-2/h3-6,9-10,12-13,15H,7-8,11H2,1-2H3,(H,30,34,35). The van der Waals surface area contributed by atoms with Gasteiger partial charge in [-0.25, -0.2) is 29.4 Å². The third kappa shape index (κ3) is 4.40. The molecule has 4 aromatic heterocycles. The molecule has 0 amide bonds. The maximum Gasteiger partial charge on any atom is 0.434 e. The number of fused-ring (bicyclic) bond motifs is 1. The molecular weight excluding hydrogens is 499 g/mol. The van der Waals surface area contributed by atoms with Crippen molar-refractivity contribution in [3.05, 3.63) is 66.1 Å². The number of benzene rings is 1. The average molecular weight is 522 g/mol. The fraction of sp³-hybridized carbons (Fsp3) is 0.280. The summed E-state index contributed by atoms with van der Waals surface area (Å²) in [4.78, 5) is 21.6. The van der Waals surface area contributed by atoms with Gasteiger partial charge in [0.05, 0.1) is 12.8 Å². The first-order valence-electron chi connectivity index (χ1n) is 11.9. The van der Waals surface area contributed by atoms with Crippen LogP contribution in [0.2, 0.25) is 0 Å². The number of anilines is 1. The van der Waals surface area contributed by atoms with Gasteiger partial charge >= 0.3 is 6.18 Å². The number of nitrogens with one attached hydrogen (secondary N) is 1. The number of rotatable bonds is 7. The van der Waals surface area contributed by atoms with E-state index in [4.69, 9.17) is 9.72 Å². The van der Waals surface area contributed by atoms with Crippen molar-refractivity contribution in [3.63, 3.8) is 0 Å². The summed E-state index contributed by atoms with van der Waals surface area (Å²) in [6.45, 7) is 0.394. The van der Waals surface area contributed by atoms with Crippen LogP contribution in [0.25, 0.3) is 28.4 Å². The molecule has 0 aliphatic heterocycles. The van der Waals surface area contributed by atoms with Gasteiger partial charge in [-0.2, -0.15) is 13.2 Å². The van der Waals surface area contributed by atoms with Crippen molar-refractivity contribution in [1.82, 2.24) is 39.1 Å². The van der Waals surface area contributed by atoms with E-state index in [2.05, 4.69) is 30.4 Å². The quantitative estimate of drug-likeness (QED) is 0.334. The Morgan fingerprint density at radius 3 is 2.55 bits per heavy atom. The lowest BCUT2D eigenvalue weighted by Crippen LogP contribution is -2.09. The van der Waals surface area contributed by atoms with Gasteiger partial charge in [-0.15, -0.1) is 5.10 Å².